The minimum absolute atomic E-state index is 0.0710. The van der Waals surface area contributed by atoms with Crippen LogP contribution in [0.2, 0.25) is 23.2 Å². The summed E-state index contributed by atoms with van der Waals surface area (Å²) in [5.74, 6) is 0. The third-order valence-electron chi connectivity index (χ3n) is 6.37. The Labute approximate surface area is 199 Å². The monoisotopic (exact) mass is 479 g/mol. The Morgan fingerprint density at radius 2 is 1.91 bits per heavy atom. The Hall–Kier alpha value is -1.75. The summed E-state index contributed by atoms with van der Waals surface area (Å²) in [6.07, 6.45) is 0.371. The molecule has 0 aliphatic carbocycles. The van der Waals surface area contributed by atoms with Gasteiger partial charge in [-0.3, -0.25) is 0 Å². The zero-order valence-electron chi connectivity index (χ0n) is 20.9. The van der Waals surface area contributed by atoms with E-state index in [1.54, 1.807) is 11.0 Å². The Morgan fingerprint density at radius 3 is 2.44 bits per heavy atom. The average Bonchev–Trinajstić information content (AvgIpc) is 3.02. The quantitative estimate of drug-likeness (QED) is 0.499. The first-order valence-electron chi connectivity index (χ1n) is 11.2. The molecule has 2 atom stereocenters. The lowest BCUT2D eigenvalue weighted by Gasteiger charge is -2.40. The molecule has 0 aromatic heterocycles. The number of nitrogens with one attached hydrogen (secondary N) is 1. The number of nitrogens with zero attached hydrogens (tertiary/aromatic N) is 2. The molecule has 8 heteroatoms. The molecule has 178 valence electrons. The number of hydrogen-bond donors (Lipinski definition) is 1. The molecule has 1 heterocycles. The molecule has 1 aliphatic heterocycles. The molecule has 1 aromatic carbocycles. The Kier molecular flexibility index (Phi) is 7.97. The number of carbonyl (C=O) groups is 1. The Morgan fingerprint density at radius 1 is 1.28 bits per heavy atom. The first-order valence-corrected chi connectivity index (χ1v) is 14.5. The van der Waals surface area contributed by atoms with Crippen molar-refractivity contribution in [3.63, 3.8) is 0 Å². The normalized spacial score (nSPS) is 19.6. The van der Waals surface area contributed by atoms with Crippen LogP contribution in [0.3, 0.4) is 0 Å². The van der Waals surface area contributed by atoms with Crippen LogP contribution < -0.4 is 5.32 Å². The maximum atomic E-state index is 13.0. The molecule has 1 fully saturated rings. The number of benzene rings is 1. The topological polar surface area (TPSA) is 74.6 Å². The lowest BCUT2D eigenvalue weighted by Crippen LogP contribution is -2.51. The van der Waals surface area contributed by atoms with Crippen molar-refractivity contribution in [3.8, 4) is 6.07 Å². The summed E-state index contributed by atoms with van der Waals surface area (Å²) in [5.41, 5.74) is 1.54. The minimum atomic E-state index is -2.03. The van der Waals surface area contributed by atoms with Gasteiger partial charge in [0.05, 0.1) is 22.7 Å². The van der Waals surface area contributed by atoms with Gasteiger partial charge in [0.1, 0.15) is 11.7 Å². The number of hydrogen-bond acceptors (Lipinski definition) is 5. The lowest BCUT2D eigenvalue weighted by atomic mass is 10.1. The smallest absolute Gasteiger partial charge is 0.410 e. The maximum absolute atomic E-state index is 13.0. The van der Waals surface area contributed by atoms with Crippen molar-refractivity contribution in [2.45, 2.75) is 90.8 Å². The highest BCUT2D eigenvalue weighted by Gasteiger charge is 2.45. The summed E-state index contributed by atoms with van der Waals surface area (Å²) in [4.78, 5) is 14.8. The number of anilines is 1. The second-order valence-electron chi connectivity index (χ2n) is 11.0. The highest BCUT2D eigenvalue weighted by atomic mass is 35.5. The van der Waals surface area contributed by atoms with Gasteiger partial charge in [0.15, 0.2) is 8.32 Å². The number of ether oxygens (including phenoxy) is 1. The number of amides is 1. The van der Waals surface area contributed by atoms with Gasteiger partial charge in [0, 0.05) is 18.8 Å². The SMILES string of the molecule is Cc1c(NCC2C(O[Si](C)(C)C(C)(C)C)CCN2C(=O)OC(C)(C)C)ccc(C#N)c1Cl. The van der Waals surface area contributed by atoms with E-state index in [1.807, 2.05) is 33.8 Å². The van der Waals surface area contributed by atoms with Gasteiger partial charge in [0.2, 0.25) is 0 Å². The molecular formula is C24H38ClN3O3Si. The second-order valence-corrected chi connectivity index (χ2v) is 16.2. The van der Waals surface area contributed by atoms with Gasteiger partial charge >= 0.3 is 6.09 Å². The van der Waals surface area contributed by atoms with Crippen LogP contribution in [0.25, 0.3) is 0 Å². The number of likely N-dealkylation sites (tertiary alicyclic amines) is 1. The lowest BCUT2D eigenvalue weighted by molar-refractivity contribution is 0.0179. The number of halogens is 1. The van der Waals surface area contributed by atoms with Gasteiger partial charge in [-0.25, -0.2) is 4.79 Å². The van der Waals surface area contributed by atoms with E-state index in [9.17, 15) is 10.1 Å². The zero-order valence-corrected chi connectivity index (χ0v) is 22.7. The molecule has 0 bridgehead atoms. The molecule has 0 saturated carbocycles. The van der Waals surface area contributed by atoms with Crippen LogP contribution in [-0.2, 0) is 9.16 Å². The summed E-state index contributed by atoms with van der Waals surface area (Å²) in [6.45, 7) is 19.7. The van der Waals surface area contributed by atoms with E-state index in [4.69, 9.17) is 20.8 Å². The standard InChI is InChI=1S/C24H38ClN3O3Si/c1-16-18(11-10-17(14-26)21(16)25)27-15-19-20(31-32(8,9)24(5,6)7)12-13-28(19)22(29)30-23(2,3)4/h10-11,19-20,27H,12-13,15H2,1-9H3. The third-order valence-corrected chi connectivity index (χ3v) is 11.4. The van der Waals surface area contributed by atoms with Crippen molar-refractivity contribution < 1.29 is 14.0 Å². The third kappa shape index (κ3) is 6.18. The molecule has 1 N–H and O–H groups in total. The van der Waals surface area contributed by atoms with Crippen LogP contribution in [0.4, 0.5) is 10.5 Å². The fraction of sp³-hybridized carbons (Fsp3) is 0.667. The van der Waals surface area contributed by atoms with Crippen molar-refractivity contribution in [3.05, 3.63) is 28.3 Å². The van der Waals surface area contributed by atoms with Gasteiger partial charge in [-0.05, 0) is 69.9 Å². The van der Waals surface area contributed by atoms with Crippen LogP contribution in [-0.4, -0.2) is 50.1 Å². The van der Waals surface area contributed by atoms with E-state index in [2.05, 4.69) is 45.3 Å². The van der Waals surface area contributed by atoms with Crippen LogP contribution in [0, 0.1) is 18.3 Å². The van der Waals surface area contributed by atoms with E-state index < -0.39 is 13.9 Å². The van der Waals surface area contributed by atoms with Crippen LogP contribution in [0.1, 0.15) is 59.1 Å². The molecule has 6 nitrogen and oxygen atoms in total. The van der Waals surface area contributed by atoms with Crippen molar-refractivity contribution in [2.24, 2.45) is 0 Å². The predicted molar refractivity (Wildman–Crippen MR) is 133 cm³/mol. The van der Waals surface area contributed by atoms with Crippen molar-refractivity contribution in [1.82, 2.24) is 4.90 Å². The molecular weight excluding hydrogens is 442 g/mol. The number of carbonyl (C=O) groups excluding carboxylic acids is 1. The second kappa shape index (κ2) is 9.62. The largest absolute Gasteiger partial charge is 0.444 e. The average molecular weight is 480 g/mol. The van der Waals surface area contributed by atoms with E-state index in [1.165, 1.54) is 0 Å². The molecule has 2 rings (SSSR count). The van der Waals surface area contributed by atoms with E-state index >= 15 is 0 Å². The molecule has 32 heavy (non-hydrogen) atoms. The Balaban J connectivity index is 2.28. The van der Waals surface area contributed by atoms with Gasteiger partial charge in [-0.15, -0.1) is 0 Å². The molecule has 1 aliphatic rings. The maximum Gasteiger partial charge on any atom is 0.410 e. The van der Waals surface area contributed by atoms with Crippen molar-refractivity contribution in [1.29, 1.82) is 5.26 Å². The highest BCUT2D eigenvalue weighted by Crippen LogP contribution is 2.39. The fourth-order valence-corrected chi connectivity index (χ4v) is 5.08. The van der Waals surface area contributed by atoms with Gasteiger partial charge < -0.3 is 19.4 Å². The predicted octanol–water partition coefficient (Wildman–Crippen LogP) is 6.33. The first-order chi connectivity index (χ1) is 14.6. The molecule has 1 saturated heterocycles. The molecule has 2 unspecified atom stereocenters. The summed E-state index contributed by atoms with van der Waals surface area (Å²) < 4.78 is 12.4. The summed E-state index contributed by atoms with van der Waals surface area (Å²) >= 11 is 6.35. The summed E-state index contributed by atoms with van der Waals surface area (Å²) in [5, 5.41) is 13.2. The van der Waals surface area contributed by atoms with Crippen LogP contribution in [0.15, 0.2) is 12.1 Å². The number of rotatable bonds is 5. The minimum Gasteiger partial charge on any atom is -0.444 e. The summed E-state index contributed by atoms with van der Waals surface area (Å²) in [7, 11) is -2.03. The van der Waals surface area contributed by atoms with Crippen molar-refractivity contribution in [2.75, 3.05) is 18.4 Å². The van der Waals surface area contributed by atoms with Crippen LogP contribution in [0.5, 0.6) is 0 Å². The van der Waals surface area contributed by atoms with E-state index in [0.29, 0.717) is 23.7 Å². The van der Waals surface area contributed by atoms with E-state index in [-0.39, 0.29) is 23.3 Å². The summed E-state index contributed by atoms with van der Waals surface area (Å²) in [6, 6.07) is 5.50. The first kappa shape index (κ1) is 26.5. The van der Waals surface area contributed by atoms with Crippen LogP contribution >= 0.6 is 11.6 Å². The zero-order chi connectivity index (χ0) is 24.5. The molecule has 0 radical (unpaired) electrons. The Bertz CT molecular complexity index is 884. The highest BCUT2D eigenvalue weighted by molar-refractivity contribution is 6.74. The van der Waals surface area contributed by atoms with Gasteiger partial charge in [0.25, 0.3) is 0 Å². The fourth-order valence-electron chi connectivity index (χ4n) is 3.48. The number of nitriles is 1. The van der Waals surface area contributed by atoms with Gasteiger partial charge in [-0.1, -0.05) is 32.4 Å². The molecule has 0 spiro atoms. The molecule has 1 aromatic rings. The van der Waals surface area contributed by atoms with Crippen molar-refractivity contribution >= 4 is 31.7 Å². The molecule has 1 amide bonds. The van der Waals surface area contributed by atoms with E-state index in [0.717, 1.165) is 17.7 Å². The van der Waals surface area contributed by atoms with Gasteiger partial charge in [-0.2, -0.15) is 5.26 Å².